The van der Waals surface area contributed by atoms with Gasteiger partial charge >= 0.3 is 0 Å². The van der Waals surface area contributed by atoms with Crippen LogP contribution in [0.3, 0.4) is 0 Å². The molecule has 2 heterocycles. The van der Waals surface area contributed by atoms with E-state index in [-0.39, 0.29) is 11.8 Å². The molecule has 6 nitrogen and oxygen atoms in total. The fourth-order valence-corrected chi connectivity index (χ4v) is 3.51. The molecule has 0 bridgehead atoms. The summed E-state index contributed by atoms with van der Waals surface area (Å²) in [6.07, 6.45) is 2.43. The molecule has 3 rings (SSSR count). The van der Waals surface area contributed by atoms with E-state index in [0.29, 0.717) is 30.1 Å². The molecule has 1 unspecified atom stereocenters. The number of nitrogens with zero attached hydrogens (tertiary/aromatic N) is 3. The number of nitrogens with one attached hydrogen (secondary N) is 1. The van der Waals surface area contributed by atoms with Crippen LogP contribution in [0.4, 0.5) is 0 Å². The van der Waals surface area contributed by atoms with Crippen molar-refractivity contribution in [2.75, 3.05) is 32.7 Å². The maximum Gasteiger partial charge on any atom is 0.261 e. The molecule has 1 fully saturated rings. The Morgan fingerprint density at radius 3 is 2.52 bits per heavy atom. The van der Waals surface area contributed by atoms with Crippen molar-refractivity contribution in [3.8, 4) is 0 Å². The second-order valence-corrected chi connectivity index (χ2v) is 6.74. The average molecular weight is 342 g/mol. The van der Waals surface area contributed by atoms with Gasteiger partial charge in [-0.3, -0.25) is 19.5 Å². The summed E-state index contributed by atoms with van der Waals surface area (Å²) in [6.45, 7) is 7.84. The van der Waals surface area contributed by atoms with Crippen molar-refractivity contribution in [1.29, 1.82) is 0 Å². The van der Waals surface area contributed by atoms with Crippen LogP contribution in [0.2, 0.25) is 0 Å². The standard InChI is InChI=1S/C19H26N4O2/c1-3-20-19(22-11-6-7-14(2)13-22)21-10-12-23-17(24)15-8-4-5-9-16(15)18(23)25/h4-5,8-9,14H,3,6-7,10-13H2,1-2H3,(H,20,21). The first-order valence-corrected chi connectivity index (χ1v) is 9.10. The maximum absolute atomic E-state index is 12.4. The van der Waals surface area contributed by atoms with Crippen LogP contribution in [0.5, 0.6) is 0 Å². The van der Waals surface area contributed by atoms with Gasteiger partial charge in [-0.1, -0.05) is 19.1 Å². The summed E-state index contributed by atoms with van der Waals surface area (Å²) < 4.78 is 0. The fraction of sp³-hybridized carbons (Fsp3) is 0.526. The van der Waals surface area contributed by atoms with Crippen LogP contribution in [-0.4, -0.2) is 60.3 Å². The first-order valence-electron chi connectivity index (χ1n) is 9.10. The third-order valence-corrected chi connectivity index (χ3v) is 4.75. The van der Waals surface area contributed by atoms with Gasteiger partial charge in [0.25, 0.3) is 11.8 Å². The summed E-state index contributed by atoms with van der Waals surface area (Å²) in [6, 6.07) is 6.98. The lowest BCUT2D eigenvalue weighted by Gasteiger charge is -2.33. The molecule has 25 heavy (non-hydrogen) atoms. The molecule has 0 spiro atoms. The van der Waals surface area contributed by atoms with Gasteiger partial charge in [0.1, 0.15) is 0 Å². The van der Waals surface area contributed by atoms with Crippen LogP contribution in [0.15, 0.2) is 29.3 Å². The number of carbonyl (C=O) groups excluding carboxylic acids is 2. The fourth-order valence-electron chi connectivity index (χ4n) is 3.51. The van der Waals surface area contributed by atoms with Gasteiger partial charge in [-0.05, 0) is 37.8 Å². The van der Waals surface area contributed by atoms with E-state index < -0.39 is 0 Å². The highest BCUT2D eigenvalue weighted by Crippen LogP contribution is 2.22. The Balaban J connectivity index is 1.65. The van der Waals surface area contributed by atoms with E-state index in [1.54, 1.807) is 24.3 Å². The summed E-state index contributed by atoms with van der Waals surface area (Å²) in [5.41, 5.74) is 0.987. The Morgan fingerprint density at radius 1 is 1.24 bits per heavy atom. The highest BCUT2D eigenvalue weighted by atomic mass is 16.2. The molecule has 1 saturated heterocycles. The zero-order valence-corrected chi connectivity index (χ0v) is 15.0. The number of guanidine groups is 1. The topological polar surface area (TPSA) is 65.0 Å². The van der Waals surface area contributed by atoms with Crippen molar-refractivity contribution in [2.45, 2.75) is 26.7 Å². The number of benzene rings is 1. The summed E-state index contributed by atoms with van der Waals surface area (Å²) in [4.78, 5) is 33.0. The zero-order chi connectivity index (χ0) is 17.8. The molecular weight excluding hydrogens is 316 g/mol. The van der Waals surface area contributed by atoms with Crippen molar-refractivity contribution in [1.82, 2.24) is 15.1 Å². The quantitative estimate of drug-likeness (QED) is 0.516. The van der Waals surface area contributed by atoms with E-state index in [1.807, 2.05) is 6.92 Å². The molecule has 2 aliphatic heterocycles. The third-order valence-electron chi connectivity index (χ3n) is 4.75. The summed E-state index contributed by atoms with van der Waals surface area (Å²) in [7, 11) is 0. The Hall–Kier alpha value is -2.37. The Bertz CT molecular complexity index is 651. The number of aliphatic imine (C=N–C) groups is 1. The Kier molecular flexibility index (Phi) is 5.36. The SMILES string of the molecule is CCNC(=NCCN1C(=O)c2ccccc2C1=O)N1CCCC(C)C1. The predicted molar refractivity (Wildman–Crippen MR) is 97.8 cm³/mol. The predicted octanol–water partition coefficient (Wildman–Crippen LogP) is 1.98. The molecule has 134 valence electrons. The van der Waals surface area contributed by atoms with Crippen molar-refractivity contribution in [2.24, 2.45) is 10.9 Å². The van der Waals surface area contributed by atoms with Gasteiger partial charge in [-0.15, -0.1) is 0 Å². The van der Waals surface area contributed by atoms with Crippen molar-refractivity contribution in [3.05, 3.63) is 35.4 Å². The monoisotopic (exact) mass is 342 g/mol. The van der Waals surface area contributed by atoms with Crippen LogP contribution in [0.25, 0.3) is 0 Å². The van der Waals surface area contributed by atoms with Crippen LogP contribution in [0.1, 0.15) is 47.4 Å². The lowest BCUT2D eigenvalue weighted by molar-refractivity contribution is 0.0659. The smallest absolute Gasteiger partial charge is 0.261 e. The van der Waals surface area contributed by atoms with E-state index >= 15 is 0 Å². The van der Waals surface area contributed by atoms with E-state index in [4.69, 9.17) is 0 Å². The second-order valence-electron chi connectivity index (χ2n) is 6.74. The van der Waals surface area contributed by atoms with Gasteiger partial charge in [-0.25, -0.2) is 0 Å². The van der Waals surface area contributed by atoms with Crippen molar-refractivity contribution < 1.29 is 9.59 Å². The molecule has 0 aromatic heterocycles. The molecule has 1 N–H and O–H groups in total. The number of rotatable bonds is 4. The second kappa shape index (κ2) is 7.68. The lowest BCUT2D eigenvalue weighted by atomic mass is 10.0. The summed E-state index contributed by atoms with van der Waals surface area (Å²) in [5, 5.41) is 3.33. The van der Waals surface area contributed by atoms with Crippen LogP contribution in [0, 0.1) is 5.92 Å². The number of hydrogen-bond acceptors (Lipinski definition) is 3. The largest absolute Gasteiger partial charge is 0.357 e. The highest BCUT2D eigenvalue weighted by molar-refractivity contribution is 6.21. The number of imide groups is 1. The number of carbonyl (C=O) groups is 2. The van der Waals surface area contributed by atoms with Crippen molar-refractivity contribution >= 4 is 17.8 Å². The number of fused-ring (bicyclic) bond motifs is 1. The molecule has 0 radical (unpaired) electrons. The normalized spacial score (nSPS) is 20.9. The number of amides is 2. The lowest BCUT2D eigenvalue weighted by Crippen LogP contribution is -2.46. The molecule has 2 aliphatic rings. The first-order chi connectivity index (χ1) is 12.1. The molecule has 0 aliphatic carbocycles. The van der Waals surface area contributed by atoms with Gasteiger partial charge < -0.3 is 10.2 Å². The highest BCUT2D eigenvalue weighted by Gasteiger charge is 2.34. The van der Waals surface area contributed by atoms with Crippen LogP contribution in [-0.2, 0) is 0 Å². The molecule has 1 aromatic rings. The minimum absolute atomic E-state index is 0.215. The number of hydrogen-bond donors (Lipinski definition) is 1. The Labute approximate surface area is 148 Å². The van der Waals surface area contributed by atoms with E-state index in [1.165, 1.54) is 17.7 Å². The molecule has 6 heteroatoms. The third kappa shape index (κ3) is 3.67. The van der Waals surface area contributed by atoms with Gasteiger partial charge in [0.05, 0.1) is 17.7 Å². The Morgan fingerprint density at radius 2 is 1.92 bits per heavy atom. The molecule has 1 atom stereocenters. The molecular formula is C19H26N4O2. The zero-order valence-electron chi connectivity index (χ0n) is 15.0. The van der Waals surface area contributed by atoms with Gasteiger partial charge in [0.2, 0.25) is 0 Å². The van der Waals surface area contributed by atoms with Crippen LogP contribution >= 0.6 is 0 Å². The molecule has 1 aromatic carbocycles. The summed E-state index contributed by atoms with van der Waals surface area (Å²) >= 11 is 0. The van der Waals surface area contributed by atoms with Crippen molar-refractivity contribution in [3.63, 3.8) is 0 Å². The van der Waals surface area contributed by atoms with E-state index in [0.717, 1.165) is 25.6 Å². The maximum atomic E-state index is 12.4. The molecule has 0 saturated carbocycles. The summed E-state index contributed by atoms with van der Waals surface area (Å²) in [5.74, 6) is 1.11. The minimum Gasteiger partial charge on any atom is -0.357 e. The van der Waals surface area contributed by atoms with E-state index in [2.05, 4.69) is 22.1 Å². The molecule has 2 amide bonds. The van der Waals surface area contributed by atoms with Crippen LogP contribution < -0.4 is 5.32 Å². The number of piperidine rings is 1. The number of likely N-dealkylation sites (tertiary alicyclic amines) is 1. The van der Waals surface area contributed by atoms with E-state index in [9.17, 15) is 9.59 Å². The average Bonchev–Trinajstić information content (AvgIpc) is 2.86. The minimum atomic E-state index is -0.215. The first kappa shape index (κ1) is 17.5. The van der Waals surface area contributed by atoms with Gasteiger partial charge in [0.15, 0.2) is 5.96 Å². The van der Waals surface area contributed by atoms with Gasteiger partial charge in [0, 0.05) is 26.2 Å². The van der Waals surface area contributed by atoms with Gasteiger partial charge in [-0.2, -0.15) is 0 Å².